The van der Waals surface area contributed by atoms with Crippen molar-refractivity contribution in [2.75, 3.05) is 11.9 Å². The lowest BCUT2D eigenvalue weighted by molar-refractivity contribution is 0.0901. The molecule has 0 aliphatic rings. The van der Waals surface area contributed by atoms with E-state index >= 15 is 0 Å². The van der Waals surface area contributed by atoms with Crippen molar-refractivity contribution in [2.45, 2.75) is 6.10 Å². The molecule has 1 amide bonds. The van der Waals surface area contributed by atoms with Crippen molar-refractivity contribution in [1.29, 1.82) is 5.26 Å². The van der Waals surface area contributed by atoms with E-state index in [-0.39, 0.29) is 12.5 Å². The van der Waals surface area contributed by atoms with Crippen molar-refractivity contribution in [2.24, 2.45) is 0 Å². The van der Waals surface area contributed by atoms with Gasteiger partial charge in [-0.2, -0.15) is 5.26 Å². The molecule has 1 heterocycles. The molecule has 3 rings (SSSR count). The Hall–Kier alpha value is -3.56. The summed E-state index contributed by atoms with van der Waals surface area (Å²) < 4.78 is 5.10. The summed E-state index contributed by atoms with van der Waals surface area (Å²) in [5.74, 6) is 0.112. The molecule has 0 fully saturated rings. The predicted molar refractivity (Wildman–Crippen MR) is 96.9 cm³/mol. The van der Waals surface area contributed by atoms with Gasteiger partial charge in [-0.3, -0.25) is 4.79 Å². The van der Waals surface area contributed by atoms with E-state index < -0.39 is 6.10 Å². The second-order valence-corrected chi connectivity index (χ2v) is 5.64. The van der Waals surface area contributed by atoms with E-state index in [4.69, 9.17) is 9.68 Å². The van der Waals surface area contributed by atoms with Gasteiger partial charge in [0.05, 0.1) is 24.4 Å². The van der Waals surface area contributed by atoms with E-state index in [9.17, 15) is 9.90 Å². The number of anilines is 2. The lowest BCUT2D eigenvalue weighted by Crippen LogP contribution is -2.28. The van der Waals surface area contributed by atoms with Crippen LogP contribution in [0.15, 0.2) is 71.3 Å². The molecule has 0 aliphatic heterocycles. The molecule has 1 unspecified atom stereocenters. The lowest BCUT2D eigenvalue weighted by Gasteiger charge is -2.11. The van der Waals surface area contributed by atoms with Crippen LogP contribution in [0.3, 0.4) is 0 Å². The third-order valence-electron chi connectivity index (χ3n) is 3.76. The maximum atomic E-state index is 12.3. The van der Waals surface area contributed by atoms with Gasteiger partial charge in [0.1, 0.15) is 11.9 Å². The number of aliphatic hydroxyl groups excluding tert-OH is 1. The van der Waals surface area contributed by atoms with Gasteiger partial charge >= 0.3 is 0 Å². The number of nitriles is 1. The van der Waals surface area contributed by atoms with E-state index in [1.807, 2.05) is 6.07 Å². The van der Waals surface area contributed by atoms with Crippen LogP contribution in [-0.2, 0) is 0 Å². The topological polar surface area (TPSA) is 98.3 Å². The number of amides is 1. The van der Waals surface area contributed by atoms with Crippen LogP contribution in [-0.4, -0.2) is 17.6 Å². The van der Waals surface area contributed by atoms with Crippen LogP contribution >= 0.6 is 0 Å². The molecule has 0 aliphatic carbocycles. The molecule has 2 aromatic carbocycles. The van der Waals surface area contributed by atoms with Gasteiger partial charge in [-0.1, -0.05) is 6.07 Å². The SMILES string of the molecule is N#Cc1ccc(Nc2cccc(C(=O)NCC(O)c3ccco3)c2)cc1. The average molecular weight is 347 g/mol. The van der Waals surface area contributed by atoms with Crippen molar-refractivity contribution in [1.82, 2.24) is 5.32 Å². The second-order valence-electron chi connectivity index (χ2n) is 5.64. The molecule has 26 heavy (non-hydrogen) atoms. The number of furan rings is 1. The molecule has 0 spiro atoms. The highest BCUT2D eigenvalue weighted by atomic mass is 16.4. The first-order chi connectivity index (χ1) is 12.7. The van der Waals surface area contributed by atoms with Gasteiger partial charge in [-0.25, -0.2) is 0 Å². The number of nitrogens with zero attached hydrogens (tertiary/aromatic N) is 1. The fourth-order valence-electron chi connectivity index (χ4n) is 2.41. The van der Waals surface area contributed by atoms with Crippen LogP contribution in [0, 0.1) is 11.3 Å². The molecule has 6 nitrogen and oxygen atoms in total. The van der Waals surface area contributed by atoms with Crippen LogP contribution in [0.5, 0.6) is 0 Å². The fraction of sp³-hybridized carbons (Fsp3) is 0.100. The van der Waals surface area contributed by atoms with Crippen molar-refractivity contribution < 1.29 is 14.3 Å². The monoisotopic (exact) mass is 347 g/mol. The standard InChI is InChI=1S/C20H17N3O3/c21-12-14-6-8-16(9-7-14)23-17-4-1-3-15(11-17)20(25)22-13-18(24)19-5-2-10-26-19/h1-11,18,23-24H,13H2,(H,22,25). The molecule has 0 saturated heterocycles. The molecule has 1 aromatic heterocycles. The maximum Gasteiger partial charge on any atom is 0.251 e. The Bertz CT molecular complexity index is 912. The third kappa shape index (κ3) is 4.29. The summed E-state index contributed by atoms with van der Waals surface area (Å²) in [6.45, 7) is 0.0552. The van der Waals surface area contributed by atoms with Gasteiger partial charge < -0.3 is 20.2 Å². The summed E-state index contributed by atoms with van der Waals surface area (Å²) in [6, 6.07) is 19.4. The van der Waals surface area contributed by atoms with Crippen LogP contribution < -0.4 is 10.6 Å². The number of benzene rings is 2. The zero-order chi connectivity index (χ0) is 18.4. The molecule has 3 N–H and O–H groups in total. The smallest absolute Gasteiger partial charge is 0.251 e. The highest BCUT2D eigenvalue weighted by Crippen LogP contribution is 2.18. The molecule has 1 atom stereocenters. The van der Waals surface area contributed by atoms with E-state index in [1.54, 1.807) is 54.6 Å². The summed E-state index contributed by atoms with van der Waals surface area (Å²) in [4.78, 5) is 12.3. The van der Waals surface area contributed by atoms with E-state index in [1.165, 1.54) is 6.26 Å². The second kappa shape index (κ2) is 8.01. The summed E-state index contributed by atoms with van der Waals surface area (Å²) in [6.07, 6.45) is 0.576. The Labute approximate surface area is 150 Å². The van der Waals surface area contributed by atoms with Crippen molar-refractivity contribution in [3.8, 4) is 6.07 Å². The minimum absolute atomic E-state index is 0.0552. The number of hydrogen-bond acceptors (Lipinski definition) is 5. The summed E-state index contributed by atoms with van der Waals surface area (Å²) in [7, 11) is 0. The highest BCUT2D eigenvalue weighted by molar-refractivity contribution is 5.95. The maximum absolute atomic E-state index is 12.3. The fourth-order valence-corrected chi connectivity index (χ4v) is 2.41. The first kappa shape index (κ1) is 17.3. The number of hydrogen-bond donors (Lipinski definition) is 3. The molecular weight excluding hydrogens is 330 g/mol. The Kier molecular flexibility index (Phi) is 5.32. The van der Waals surface area contributed by atoms with Crippen LogP contribution in [0.25, 0.3) is 0 Å². The first-order valence-electron chi connectivity index (χ1n) is 8.02. The molecule has 0 radical (unpaired) electrons. The quantitative estimate of drug-likeness (QED) is 0.635. The molecule has 0 saturated carbocycles. The summed E-state index contributed by atoms with van der Waals surface area (Å²) >= 11 is 0. The number of rotatable bonds is 6. The largest absolute Gasteiger partial charge is 0.467 e. The molecular formula is C20H17N3O3. The van der Waals surface area contributed by atoms with Crippen LogP contribution in [0.4, 0.5) is 11.4 Å². The summed E-state index contributed by atoms with van der Waals surface area (Å²) in [5, 5.41) is 24.6. The van der Waals surface area contributed by atoms with Crippen LogP contribution in [0.2, 0.25) is 0 Å². The number of nitrogens with one attached hydrogen (secondary N) is 2. The minimum atomic E-state index is -0.895. The van der Waals surface area contributed by atoms with E-state index in [0.717, 1.165) is 11.4 Å². The number of carbonyl (C=O) groups is 1. The Balaban J connectivity index is 1.62. The molecule has 3 aromatic rings. The first-order valence-corrected chi connectivity index (χ1v) is 8.02. The average Bonchev–Trinajstić information content (AvgIpc) is 3.21. The molecule has 130 valence electrons. The Morgan fingerprint density at radius 3 is 2.62 bits per heavy atom. The van der Waals surface area contributed by atoms with E-state index in [2.05, 4.69) is 16.7 Å². The van der Waals surface area contributed by atoms with Crippen molar-refractivity contribution >= 4 is 17.3 Å². The number of carbonyl (C=O) groups excluding carboxylic acids is 1. The zero-order valence-corrected chi connectivity index (χ0v) is 13.8. The Morgan fingerprint density at radius 1 is 1.12 bits per heavy atom. The Morgan fingerprint density at radius 2 is 1.92 bits per heavy atom. The van der Waals surface area contributed by atoms with Gasteiger partial charge in [0.15, 0.2) is 0 Å². The van der Waals surface area contributed by atoms with Crippen molar-refractivity contribution in [3.05, 3.63) is 83.8 Å². The third-order valence-corrected chi connectivity index (χ3v) is 3.76. The van der Waals surface area contributed by atoms with Gasteiger partial charge in [-0.05, 0) is 54.6 Å². The molecule has 0 bridgehead atoms. The van der Waals surface area contributed by atoms with Gasteiger partial charge in [-0.15, -0.1) is 0 Å². The van der Waals surface area contributed by atoms with E-state index in [0.29, 0.717) is 16.9 Å². The van der Waals surface area contributed by atoms with Gasteiger partial charge in [0.2, 0.25) is 0 Å². The zero-order valence-electron chi connectivity index (χ0n) is 13.8. The predicted octanol–water partition coefficient (Wildman–Crippen LogP) is 3.36. The normalized spacial score (nSPS) is 11.4. The number of aliphatic hydroxyl groups is 1. The van der Waals surface area contributed by atoms with Gasteiger partial charge in [0, 0.05) is 16.9 Å². The van der Waals surface area contributed by atoms with Gasteiger partial charge in [0.25, 0.3) is 5.91 Å². The minimum Gasteiger partial charge on any atom is -0.467 e. The van der Waals surface area contributed by atoms with Crippen LogP contribution in [0.1, 0.15) is 27.8 Å². The highest BCUT2D eigenvalue weighted by Gasteiger charge is 2.13. The lowest BCUT2D eigenvalue weighted by atomic mass is 10.1. The summed E-state index contributed by atoms with van der Waals surface area (Å²) in [5.41, 5.74) is 2.61. The molecule has 6 heteroatoms. The van der Waals surface area contributed by atoms with Crippen molar-refractivity contribution in [3.63, 3.8) is 0 Å².